The average molecular weight is 312 g/mol. The van der Waals surface area contributed by atoms with Crippen LogP contribution in [0, 0.1) is 5.92 Å². The van der Waals surface area contributed by atoms with Crippen LogP contribution in [0.3, 0.4) is 0 Å². The molecule has 0 atom stereocenters. The Bertz CT molecular complexity index is 643. The van der Waals surface area contributed by atoms with Gasteiger partial charge in [0.05, 0.1) is 5.52 Å². The molecule has 0 saturated heterocycles. The van der Waals surface area contributed by atoms with Gasteiger partial charge >= 0.3 is 0 Å². The molecule has 23 heavy (non-hydrogen) atoms. The van der Waals surface area contributed by atoms with Crippen molar-refractivity contribution in [2.45, 2.75) is 51.5 Å². The second-order valence-corrected chi connectivity index (χ2v) is 7.09. The van der Waals surface area contributed by atoms with E-state index in [1.54, 1.807) is 0 Å². The summed E-state index contributed by atoms with van der Waals surface area (Å²) in [5.41, 5.74) is 1.01. The van der Waals surface area contributed by atoms with Crippen LogP contribution in [0.25, 0.3) is 10.9 Å². The van der Waals surface area contributed by atoms with Crippen LogP contribution >= 0.6 is 0 Å². The number of aromatic nitrogens is 2. The van der Waals surface area contributed by atoms with Gasteiger partial charge < -0.3 is 10.2 Å². The van der Waals surface area contributed by atoms with E-state index in [0.29, 0.717) is 6.04 Å². The monoisotopic (exact) mass is 312 g/mol. The minimum atomic E-state index is 0.499. The molecule has 3 rings (SSSR count). The van der Waals surface area contributed by atoms with Crippen molar-refractivity contribution < 1.29 is 0 Å². The first kappa shape index (κ1) is 16.0. The lowest BCUT2D eigenvalue weighted by atomic mass is 9.90. The zero-order chi connectivity index (χ0) is 16.2. The SMILES string of the molecule is CC1CCCC(Nc2nc(N(C)C)c3ccccc3n2)CCC1. The van der Waals surface area contributed by atoms with Gasteiger partial charge in [-0.2, -0.15) is 4.98 Å². The summed E-state index contributed by atoms with van der Waals surface area (Å²) in [6.07, 6.45) is 7.73. The Morgan fingerprint density at radius 2 is 1.70 bits per heavy atom. The summed E-state index contributed by atoms with van der Waals surface area (Å²) in [6.45, 7) is 2.38. The first-order valence-electron chi connectivity index (χ1n) is 8.84. The van der Waals surface area contributed by atoms with Crippen LogP contribution in [0.15, 0.2) is 24.3 Å². The number of nitrogens with one attached hydrogen (secondary N) is 1. The molecule has 1 aliphatic carbocycles. The fourth-order valence-corrected chi connectivity index (χ4v) is 3.51. The largest absolute Gasteiger partial charge is 0.362 e. The molecule has 1 aromatic heterocycles. The van der Waals surface area contributed by atoms with Gasteiger partial charge in [-0.1, -0.05) is 44.7 Å². The second-order valence-electron chi connectivity index (χ2n) is 7.09. The maximum absolute atomic E-state index is 4.77. The van der Waals surface area contributed by atoms with Crippen LogP contribution in [0.1, 0.15) is 45.4 Å². The van der Waals surface area contributed by atoms with Gasteiger partial charge in [0.2, 0.25) is 5.95 Å². The molecule has 4 heteroatoms. The van der Waals surface area contributed by atoms with Crippen molar-refractivity contribution in [3.63, 3.8) is 0 Å². The Labute approximate surface area is 139 Å². The third-order valence-electron chi connectivity index (χ3n) is 4.84. The van der Waals surface area contributed by atoms with Crippen LogP contribution in [0.2, 0.25) is 0 Å². The molecule has 2 aromatic rings. The molecule has 124 valence electrons. The van der Waals surface area contributed by atoms with Gasteiger partial charge in [-0.05, 0) is 30.9 Å². The Morgan fingerprint density at radius 3 is 2.39 bits per heavy atom. The van der Waals surface area contributed by atoms with E-state index in [1.165, 1.54) is 38.5 Å². The zero-order valence-electron chi connectivity index (χ0n) is 14.5. The fourth-order valence-electron chi connectivity index (χ4n) is 3.51. The van der Waals surface area contributed by atoms with Gasteiger partial charge in [-0.15, -0.1) is 0 Å². The summed E-state index contributed by atoms with van der Waals surface area (Å²) in [4.78, 5) is 11.6. The molecule has 0 aliphatic heterocycles. The van der Waals surface area contributed by atoms with Gasteiger partial charge in [0.15, 0.2) is 0 Å². The first-order chi connectivity index (χ1) is 11.1. The maximum Gasteiger partial charge on any atom is 0.225 e. The number of hydrogen-bond donors (Lipinski definition) is 1. The highest BCUT2D eigenvalue weighted by Crippen LogP contribution is 2.26. The van der Waals surface area contributed by atoms with Crippen LogP contribution in [0.4, 0.5) is 11.8 Å². The number of fused-ring (bicyclic) bond motifs is 1. The highest BCUT2D eigenvalue weighted by atomic mass is 15.2. The minimum absolute atomic E-state index is 0.499. The molecular formula is C19H28N4. The number of benzene rings is 1. The highest BCUT2D eigenvalue weighted by Gasteiger charge is 2.16. The molecular weight excluding hydrogens is 284 g/mol. The second kappa shape index (κ2) is 7.16. The van der Waals surface area contributed by atoms with E-state index in [4.69, 9.17) is 9.97 Å². The van der Waals surface area contributed by atoms with Crippen LogP contribution in [-0.2, 0) is 0 Å². The van der Waals surface area contributed by atoms with E-state index < -0.39 is 0 Å². The number of hydrogen-bond acceptors (Lipinski definition) is 4. The Hall–Kier alpha value is -1.84. The molecule has 0 radical (unpaired) electrons. The standard InChI is InChI=1S/C19H28N4/c1-14-8-6-10-15(11-7-9-14)20-19-21-17-13-5-4-12-16(17)18(22-19)23(2)3/h4-5,12-15H,6-11H2,1-3H3,(H,20,21,22). The highest BCUT2D eigenvalue weighted by molar-refractivity contribution is 5.90. The smallest absolute Gasteiger partial charge is 0.225 e. The molecule has 0 bridgehead atoms. The molecule has 1 heterocycles. The number of anilines is 2. The van der Waals surface area contributed by atoms with E-state index in [-0.39, 0.29) is 0 Å². The van der Waals surface area contributed by atoms with Crippen molar-refractivity contribution in [2.24, 2.45) is 5.92 Å². The fraction of sp³-hybridized carbons (Fsp3) is 0.579. The van der Waals surface area contributed by atoms with Crippen LogP contribution < -0.4 is 10.2 Å². The van der Waals surface area contributed by atoms with E-state index in [2.05, 4.69) is 29.3 Å². The first-order valence-corrected chi connectivity index (χ1v) is 8.84. The lowest BCUT2D eigenvalue weighted by Gasteiger charge is -2.24. The van der Waals surface area contributed by atoms with Crippen molar-refractivity contribution in [3.05, 3.63) is 24.3 Å². The number of para-hydroxylation sites is 1. The predicted molar refractivity (Wildman–Crippen MR) is 98.1 cm³/mol. The maximum atomic E-state index is 4.77. The summed E-state index contributed by atoms with van der Waals surface area (Å²) in [5.74, 6) is 2.64. The third-order valence-corrected chi connectivity index (χ3v) is 4.84. The average Bonchev–Trinajstić information content (AvgIpc) is 2.51. The summed E-state index contributed by atoms with van der Waals surface area (Å²) in [6, 6.07) is 8.73. The summed E-state index contributed by atoms with van der Waals surface area (Å²) < 4.78 is 0. The van der Waals surface area contributed by atoms with Crippen molar-refractivity contribution in [1.82, 2.24) is 9.97 Å². The summed E-state index contributed by atoms with van der Waals surface area (Å²) in [5, 5.41) is 4.71. The summed E-state index contributed by atoms with van der Waals surface area (Å²) >= 11 is 0. The lowest BCUT2D eigenvalue weighted by Crippen LogP contribution is -2.23. The summed E-state index contributed by atoms with van der Waals surface area (Å²) in [7, 11) is 4.07. The van der Waals surface area contributed by atoms with Gasteiger partial charge in [0.25, 0.3) is 0 Å². The Morgan fingerprint density at radius 1 is 1.00 bits per heavy atom. The van der Waals surface area contributed by atoms with Crippen molar-refractivity contribution in [1.29, 1.82) is 0 Å². The van der Waals surface area contributed by atoms with Gasteiger partial charge in [0, 0.05) is 25.5 Å². The topological polar surface area (TPSA) is 41.1 Å². The minimum Gasteiger partial charge on any atom is -0.362 e. The molecule has 0 unspecified atom stereocenters. The van der Waals surface area contributed by atoms with Crippen LogP contribution in [0.5, 0.6) is 0 Å². The van der Waals surface area contributed by atoms with Crippen molar-refractivity contribution in [3.8, 4) is 0 Å². The van der Waals surface area contributed by atoms with E-state index >= 15 is 0 Å². The predicted octanol–water partition coefficient (Wildman–Crippen LogP) is 4.47. The molecule has 1 aromatic carbocycles. The van der Waals surface area contributed by atoms with Crippen molar-refractivity contribution >= 4 is 22.7 Å². The van der Waals surface area contributed by atoms with E-state index in [9.17, 15) is 0 Å². The van der Waals surface area contributed by atoms with Gasteiger partial charge in [0.1, 0.15) is 5.82 Å². The Kier molecular flexibility index (Phi) is 4.99. The lowest BCUT2D eigenvalue weighted by molar-refractivity contribution is 0.387. The zero-order valence-corrected chi connectivity index (χ0v) is 14.5. The van der Waals surface area contributed by atoms with E-state index in [0.717, 1.165) is 28.6 Å². The quantitative estimate of drug-likeness (QED) is 0.908. The molecule has 1 fully saturated rings. The molecule has 0 spiro atoms. The molecule has 1 saturated carbocycles. The Balaban J connectivity index is 1.82. The van der Waals surface area contributed by atoms with Crippen LogP contribution in [-0.4, -0.2) is 30.1 Å². The van der Waals surface area contributed by atoms with Gasteiger partial charge in [-0.25, -0.2) is 4.98 Å². The molecule has 4 nitrogen and oxygen atoms in total. The molecule has 1 aliphatic rings. The molecule has 1 N–H and O–H groups in total. The third kappa shape index (κ3) is 3.92. The number of nitrogens with zero attached hydrogens (tertiary/aromatic N) is 3. The van der Waals surface area contributed by atoms with Gasteiger partial charge in [-0.3, -0.25) is 0 Å². The van der Waals surface area contributed by atoms with E-state index in [1.807, 2.05) is 26.2 Å². The normalized spacial score (nSPS) is 22.4. The molecule has 0 amide bonds. The number of rotatable bonds is 3. The van der Waals surface area contributed by atoms with Crippen molar-refractivity contribution in [2.75, 3.05) is 24.3 Å².